The van der Waals surface area contributed by atoms with E-state index in [4.69, 9.17) is 0 Å². The lowest BCUT2D eigenvalue weighted by atomic mass is 9.94. The highest BCUT2D eigenvalue weighted by molar-refractivity contribution is 5.76. The van der Waals surface area contributed by atoms with E-state index in [1.165, 1.54) is 37.7 Å². The second-order valence-corrected chi connectivity index (χ2v) is 7.30. The maximum absolute atomic E-state index is 12.5. The number of benzene rings is 1. The van der Waals surface area contributed by atoms with Crippen molar-refractivity contribution in [2.75, 3.05) is 7.05 Å². The Kier molecular flexibility index (Phi) is 5.57. The first-order valence-electron chi connectivity index (χ1n) is 9.43. The SMILES string of the molecule is Cc1cc(C)n(-c2ccc(CCC(=O)N(C)C3CCCCC3)cc2)n1. The van der Waals surface area contributed by atoms with Crippen LogP contribution < -0.4 is 0 Å². The van der Waals surface area contributed by atoms with Gasteiger partial charge < -0.3 is 4.90 Å². The third-order valence-corrected chi connectivity index (χ3v) is 5.33. The van der Waals surface area contributed by atoms with Crippen LogP contribution in [-0.2, 0) is 11.2 Å². The number of aromatic nitrogens is 2. The monoisotopic (exact) mass is 339 g/mol. The van der Waals surface area contributed by atoms with E-state index < -0.39 is 0 Å². The summed E-state index contributed by atoms with van der Waals surface area (Å²) >= 11 is 0. The Balaban J connectivity index is 1.56. The van der Waals surface area contributed by atoms with Gasteiger partial charge in [0.05, 0.1) is 11.4 Å². The molecule has 1 aromatic carbocycles. The Morgan fingerprint density at radius 2 is 1.84 bits per heavy atom. The van der Waals surface area contributed by atoms with Crippen LogP contribution in [-0.4, -0.2) is 33.7 Å². The van der Waals surface area contributed by atoms with Crippen molar-refractivity contribution in [2.24, 2.45) is 0 Å². The Labute approximate surface area is 150 Å². The van der Waals surface area contributed by atoms with Crippen molar-refractivity contribution in [2.45, 2.75) is 64.8 Å². The van der Waals surface area contributed by atoms with E-state index in [9.17, 15) is 4.79 Å². The summed E-state index contributed by atoms with van der Waals surface area (Å²) in [6.45, 7) is 4.07. The van der Waals surface area contributed by atoms with Crippen molar-refractivity contribution < 1.29 is 4.79 Å². The number of aryl methyl sites for hydroxylation is 3. The van der Waals surface area contributed by atoms with Crippen LogP contribution in [0.2, 0.25) is 0 Å². The molecule has 1 heterocycles. The number of amides is 1. The number of hydrogen-bond donors (Lipinski definition) is 0. The fourth-order valence-corrected chi connectivity index (χ4v) is 3.79. The maximum Gasteiger partial charge on any atom is 0.222 e. The van der Waals surface area contributed by atoms with Crippen molar-refractivity contribution in [3.63, 3.8) is 0 Å². The Morgan fingerprint density at radius 1 is 1.16 bits per heavy atom. The van der Waals surface area contributed by atoms with Crippen LogP contribution in [0.1, 0.15) is 55.5 Å². The quantitative estimate of drug-likeness (QED) is 0.818. The fourth-order valence-electron chi connectivity index (χ4n) is 3.79. The minimum absolute atomic E-state index is 0.273. The standard InChI is InChI=1S/C21H29N3O/c1-16-15-17(2)24(22-16)20-12-9-18(10-13-20)11-14-21(25)23(3)19-7-5-4-6-8-19/h9-10,12-13,15,19H,4-8,11,14H2,1-3H3. The topological polar surface area (TPSA) is 38.1 Å². The van der Waals surface area contributed by atoms with Gasteiger partial charge in [-0.3, -0.25) is 4.79 Å². The molecule has 4 heteroatoms. The highest BCUT2D eigenvalue weighted by Crippen LogP contribution is 2.22. The van der Waals surface area contributed by atoms with Crippen LogP contribution in [0.4, 0.5) is 0 Å². The molecule has 1 amide bonds. The molecule has 1 fully saturated rings. The van der Waals surface area contributed by atoms with E-state index in [1.807, 2.05) is 23.6 Å². The van der Waals surface area contributed by atoms with Crippen LogP contribution in [0, 0.1) is 13.8 Å². The molecule has 1 aliphatic carbocycles. The molecule has 1 saturated carbocycles. The summed E-state index contributed by atoms with van der Waals surface area (Å²) in [5.74, 6) is 0.273. The lowest BCUT2D eigenvalue weighted by molar-refractivity contribution is -0.132. The summed E-state index contributed by atoms with van der Waals surface area (Å²) in [5.41, 5.74) is 4.43. The average Bonchev–Trinajstić information content (AvgIpc) is 2.98. The molecule has 3 rings (SSSR count). The van der Waals surface area contributed by atoms with E-state index in [1.54, 1.807) is 0 Å². The van der Waals surface area contributed by atoms with Gasteiger partial charge in [-0.2, -0.15) is 5.10 Å². The third-order valence-electron chi connectivity index (χ3n) is 5.33. The summed E-state index contributed by atoms with van der Waals surface area (Å²) in [7, 11) is 1.98. The van der Waals surface area contributed by atoms with Gasteiger partial charge in [0.15, 0.2) is 0 Å². The lowest BCUT2D eigenvalue weighted by Crippen LogP contribution is -2.38. The van der Waals surface area contributed by atoms with Crippen molar-refractivity contribution in [3.8, 4) is 5.69 Å². The molecule has 0 atom stereocenters. The third kappa shape index (κ3) is 4.30. The molecule has 134 valence electrons. The molecule has 1 aromatic heterocycles. The zero-order chi connectivity index (χ0) is 17.8. The normalized spacial score (nSPS) is 15.3. The molecular formula is C21H29N3O. The van der Waals surface area contributed by atoms with Crippen molar-refractivity contribution in [1.29, 1.82) is 0 Å². The summed E-state index contributed by atoms with van der Waals surface area (Å²) in [6.07, 6.45) is 7.56. The summed E-state index contributed by atoms with van der Waals surface area (Å²) in [5, 5.41) is 4.52. The average molecular weight is 339 g/mol. The van der Waals surface area contributed by atoms with Gasteiger partial charge >= 0.3 is 0 Å². The molecular weight excluding hydrogens is 310 g/mol. The van der Waals surface area contributed by atoms with E-state index in [0.29, 0.717) is 12.5 Å². The van der Waals surface area contributed by atoms with Gasteiger partial charge in [-0.1, -0.05) is 31.4 Å². The maximum atomic E-state index is 12.5. The van der Waals surface area contributed by atoms with Crippen LogP contribution in [0.5, 0.6) is 0 Å². The molecule has 0 spiro atoms. The van der Waals surface area contributed by atoms with Gasteiger partial charge in [-0.25, -0.2) is 4.68 Å². The van der Waals surface area contributed by atoms with Crippen molar-refractivity contribution in [1.82, 2.24) is 14.7 Å². The smallest absolute Gasteiger partial charge is 0.222 e. The van der Waals surface area contributed by atoms with Gasteiger partial charge in [0.25, 0.3) is 0 Å². The van der Waals surface area contributed by atoms with E-state index in [-0.39, 0.29) is 5.91 Å². The van der Waals surface area contributed by atoms with Crippen LogP contribution >= 0.6 is 0 Å². The van der Waals surface area contributed by atoms with Gasteiger partial charge in [0, 0.05) is 25.2 Å². The number of carbonyl (C=O) groups is 1. The Hall–Kier alpha value is -2.10. The molecule has 25 heavy (non-hydrogen) atoms. The van der Waals surface area contributed by atoms with Gasteiger partial charge in [-0.15, -0.1) is 0 Å². The highest BCUT2D eigenvalue weighted by atomic mass is 16.2. The summed E-state index contributed by atoms with van der Waals surface area (Å²) in [6, 6.07) is 10.9. The van der Waals surface area contributed by atoms with E-state index in [2.05, 4.69) is 42.4 Å². The molecule has 0 bridgehead atoms. The van der Waals surface area contributed by atoms with Crippen LogP contribution in [0.15, 0.2) is 30.3 Å². The van der Waals surface area contributed by atoms with Crippen molar-refractivity contribution in [3.05, 3.63) is 47.3 Å². The first-order chi connectivity index (χ1) is 12.0. The molecule has 1 aliphatic rings. The lowest BCUT2D eigenvalue weighted by Gasteiger charge is -2.31. The largest absolute Gasteiger partial charge is 0.343 e. The number of hydrogen-bond acceptors (Lipinski definition) is 2. The molecule has 4 nitrogen and oxygen atoms in total. The predicted octanol–water partition coefficient (Wildman–Crippen LogP) is 4.21. The van der Waals surface area contributed by atoms with Gasteiger partial charge in [-0.05, 0) is 56.9 Å². The molecule has 0 N–H and O–H groups in total. The van der Waals surface area contributed by atoms with Crippen LogP contribution in [0.25, 0.3) is 5.69 Å². The number of nitrogens with zero attached hydrogens (tertiary/aromatic N) is 3. The van der Waals surface area contributed by atoms with Crippen molar-refractivity contribution >= 4 is 5.91 Å². The fraction of sp³-hybridized carbons (Fsp3) is 0.524. The molecule has 0 aliphatic heterocycles. The number of rotatable bonds is 5. The minimum Gasteiger partial charge on any atom is -0.343 e. The first-order valence-corrected chi connectivity index (χ1v) is 9.43. The molecule has 0 saturated heterocycles. The first kappa shape index (κ1) is 17.7. The summed E-state index contributed by atoms with van der Waals surface area (Å²) in [4.78, 5) is 14.5. The molecule has 0 radical (unpaired) electrons. The molecule has 0 unspecified atom stereocenters. The molecule has 2 aromatic rings. The van der Waals surface area contributed by atoms with Gasteiger partial charge in [0.1, 0.15) is 0 Å². The second-order valence-electron chi connectivity index (χ2n) is 7.30. The Bertz CT molecular complexity index is 711. The summed E-state index contributed by atoms with van der Waals surface area (Å²) < 4.78 is 1.96. The zero-order valence-electron chi connectivity index (χ0n) is 15.7. The second kappa shape index (κ2) is 7.85. The number of carbonyl (C=O) groups excluding carboxylic acids is 1. The Morgan fingerprint density at radius 3 is 2.44 bits per heavy atom. The van der Waals surface area contributed by atoms with E-state index >= 15 is 0 Å². The predicted molar refractivity (Wildman–Crippen MR) is 101 cm³/mol. The van der Waals surface area contributed by atoms with Gasteiger partial charge in [0.2, 0.25) is 5.91 Å². The zero-order valence-corrected chi connectivity index (χ0v) is 15.7. The van der Waals surface area contributed by atoms with E-state index in [0.717, 1.165) is 23.5 Å². The highest BCUT2D eigenvalue weighted by Gasteiger charge is 2.21. The van der Waals surface area contributed by atoms with Crippen LogP contribution in [0.3, 0.4) is 0 Å². The minimum atomic E-state index is 0.273.